The number of ether oxygens (including phenoxy) is 1. The van der Waals surface area contributed by atoms with Crippen LogP contribution < -0.4 is 4.74 Å². The van der Waals surface area contributed by atoms with Crippen LogP contribution in [0, 0.1) is 5.41 Å². The Morgan fingerprint density at radius 1 is 1.12 bits per heavy atom. The molecule has 2 rings (SSSR count). The molecule has 0 aromatic heterocycles. The van der Waals surface area contributed by atoms with Crippen molar-refractivity contribution in [3.05, 3.63) is 35.9 Å². The van der Waals surface area contributed by atoms with Crippen molar-refractivity contribution < 1.29 is 4.74 Å². The second kappa shape index (κ2) is 4.32. The van der Waals surface area contributed by atoms with Crippen molar-refractivity contribution in [2.24, 2.45) is 5.41 Å². The lowest BCUT2D eigenvalue weighted by Crippen LogP contribution is -2.13. The summed E-state index contributed by atoms with van der Waals surface area (Å²) in [5, 5.41) is 0. The summed E-state index contributed by atoms with van der Waals surface area (Å²) in [4.78, 5) is 0. The zero-order valence-electron chi connectivity index (χ0n) is 10.4. The molecular formula is C15H20O. The zero-order chi connectivity index (χ0) is 11.6. The molecule has 1 aromatic rings. The summed E-state index contributed by atoms with van der Waals surface area (Å²) in [7, 11) is 1.71. The van der Waals surface area contributed by atoms with Gasteiger partial charge in [0.2, 0.25) is 0 Å². The average molecular weight is 216 g/mol. The van der Waals surface area contributed by atoms with Crippen LogP contribution in [-0.4, -0.2) is 7.11 Å². The van der Waals surface area contributed by atoms with E-state index in [0.717, 1.165) is 5.75 Å². The van der Waals surface area contributed by atoms with Gasteiger partial charge < -0.3 is 4.74 Å². The van der Waals surface area contributed by atoms with E-state index in [1.54, 1.807) is 7.11 Å². The average Bonchev–Trinajstić information content (AvgIpc) is 2.29. The van der Waals surface area contributed by atoms with Crippen molar-refractivity contribution in [1.82, 2.24) is 0 Å². The molecule has 0 spiro atoms. The lowest BCUT2D eigenvalue weighted by molar-refractivity contribution is 0.335. The van der Waals surface area contributed by atoms with Crippen LogP contribution in [0.5, 0.6) is 5.75 Å². The molecule has 0 N–H and O–H groups in total. The standard InChI is InChI=1S/C15H20O/c1-15(2)10-8-13(9-11-15)12-4-6-14(16-3)7-5-12/h4-8H,9-11H2,1-3H3. The van der Waals surface area contributed by atoms with E-state index in [2.05, 4.69) is 32.1 Å². The highest BCUT2D eigenvalue weighted by molar-refractivity contribution is 5.66. The van der Waals surface area contributed by atoms with E-state index in [-0.39, 0.29) is 0 Å². The van der Waals surface area contributed by atoms with Gasteiger partial charge in [0.1, 0.15) is 5.75 Å². The highest BCUT2D eigenvalue weighted by atomic mass is 16.5. The largest absolute Gasteiger partial charge is 0.497 e. The van der Waals surface area contributed by atoms with Crippen LogP contribution in [0.3, 0.4) is 0 Å². The quantitative estimate of drug-likeness (QED) is 0.716. The van der Waals surface area contributed by atoms with Crippen LogP contribution in [0.2, 0.25) is 0 Å². The van der Waals surface area contributed by atoms with E-state index >= 15 is 0 Å². The van der Waals surface area contributed by atoms with E-state index in [0.29, 0.717) is 5.41 Å². The predicted octanol–water partition coefficient (Wildman–Crippen LogP) is 4.29. The second-order valence-electron chi connectivity index (χ2n) is 5.33. The van der Waals surface area contributed by atoms with Gasteiger partial charge in [0.05, 0.1) is 7.11 Å². The van der Waals surface area contributed by atoms with Gasteiger partial charge in [-0.25, -0.2) is 0 Å². The fourth-order valence-electron chi connectivity index (χ4n) is 2.14. The molecule has 16 heavy (non-hydrogen) atoms. The molecule has 0 saturated heterocycles. The monoisotopic (exact) mass is 216 g/mol. The molecule has 0 heterocycles. The molecular weight excluding hydrogens is 196 g/mol. The Labute approximate surface area is 98.1 Å². The van der Waals surface area contributed by atoms with Crippen molar-refractivity contribution in [3.63, 3.8) is 0 Å². The minimum Gasteiger partial charge on any atom is -0.497 e. The van der Waals surface area contributed by atoms with Crippen molar-refractivity contribution >= 4 is 5.57 Å². The lowest BCUT2D eigenvalue weighted by Gasteiger charge is -2.28. The van der Waals surface area contributed by atoms with Gasteiger partial charge in [0.15, 0.2) is 0 Å². The topological polar surface area (TPSA) is 9.23 Å². The highest BCUT2D eigenvalue weighted by Gasteiger charge is 2.21. The molecule has 0 unspecified atom stereocenters. The molecule has 0 saturated carbocycles. The van der Waals surface area contributed by atoms with Gasteiger partial charge in [-0.3, -0.25) is 0 Å². The number of hydrogen-bond donors (Lipinski definition) is 0. The van der Waals surface area contributed by atoms with Crippen LogP contribution in [0.25, 0.3) is 5.57 Å². The maximum atomic E-state index is 5.17. The number of hydrogen-bond acceptors (Lipinski definition) is 1. The second-order valence-corrected chi connectivity index (χ2v) is 5.33. The summed E-state index contributed by atoms with van der Waals surface area (Å²) < 4.78 is 5.17. The molecule has 0 bridgehead atoms. The first-order chi connectivity index (χ1) is 7.61. The molecule has 1 aromatic carbocycles. The first-order valence-electron chi connectivity index (χ1n) is 5.94. The third kappa shape index (κ3) is 2.46. The summed E-state index contributed by atoms with van der Waals surface area (Å²) in [6.07, 6.45) is 6.06. The van der Waals surface area contributed by atoms with E-state index in [4.69, 9.17) is 4.74 Å². The normalized spacial score (nSPS) is 19.1. The van der Waals surface area contributed by atoms with Gasteiger partial charge in [-0.15, -0.1) is 0 Å². The van der Waals surface area contributed by atoms with Gasteiger partial charge in [0, 0.05) is 0 Å². The van der Waals surface area contributed by atoms with Crippen LogP contribution in [0.1, 0.15) is 38.7 Å². The highest BCUT2D eigenvalue weighted by Crippen LogP contribution is 2.37. The Kier molecular flexibility index (Phi) is 3.04. The van der Waals surface area contributed by atoms with E-state index in [1.165, 1.54) is 30.4 Å². The van der Waals surface area contributed by atoms with Crippen molar-refractivity contribution in [1.29, 1.82) is 0 Å². The van der Waals surface area contributed by atoms with Crippen molar-refractivity contribution in [2.45, 2.75) is 33.1 Å². The molecule has 1 aliphatic carbocycles. The summed E-state index contributed by atoms with van der Waals surface area (Å²) in [6, 6.07) is 8.39. The summed E-state index contributed by atoms with van der Waals surface area (Å²) >= 11 is 0. The minimum atomic E-state index is 0.482. The Hall–Kier alpha value is -1.24. The Morgan fingerprint density at radius 2 is 1.81 bits per heavy atom. The molecule has 0 aliphatic heterocycles. The van der Waals surface area contributed by atoms with Gasteiger partial charge in [-0.1, -0.05) is 32.1 Å². The molecule has 1 nitrogen and oxygen atoms in total. The lowest BCUT2D eigenvalue weighted by atomic mass is 9.77. The molecule has 1 aliphatic rings. The Balaban J connectivity index is 2.16. The molecule has 0 atom stereocenters. The first kappa shape index (κ1) is 11.3. The molecule has 0 radical (unpaired) electrons. The SMILES string of the molecule is COc1ccc(C2=CCC(C)(C)CC2)cc1. The van der Waals surface area contributed by atoms with Gasteiger partial charge in [-0.2, -0.15) is 0 Å². The van der Waals surface area contributed by atoms with Crippen molar-refractivity contribution in [2.75, 3.05) is 7.11 Å². The van der Waals surface area contributed by atoms with Gasteiger partial charge >= 0.3 is 0 Å². The third-order valence-corrected chi connectivity index (χ3v) is 3.43. The van der Waals surface area contributed by atoms with Crippen LogP contribution >= 0.6 is 0 Å². The molecule has 86 valence electrons. The van der Waals surface area contributed by atoms with E-state index in [9.17, 15) is 0 Å². The summed E-state index contributed by atoms with van der Waals surface area (Å²) in [5.41, 5.74) is 3.31. The maximum absolute atomic E-state index is 5.17. The summed E-state index contributed by atoms with van der Waals surface area (Å²) in [6.45, 7) is 4.68. The maximum Gasteiger partial charge on any atom is 0.118 e. The first-order valence-corrected chi connectivity index (χ1v) is 5.94. The Morgan fingerprint density at radius 3 is 2.31 bits per heavy atom. The fourth-order valence-corrected chi connectivity index (χ4v) is 2.14. The van der Waals surface area contributed by atoms with Crippen LogP contribution in [0.15, 0.2) is 30.3 Å². The number of methoxy groups -OCH3 is 1. The molecule has 1 heteroatoms. The van der Waals surface area contributed by atoms with Crippen LogP contribution in [-0.2, 0) is 0 Å². The Bertz CT molecular complexity index is 384. The number of allylic oxidation sites excluding steroid dienone is 2. The fraction of sp³-hybridized carbons (Fsp3) is 0.467. The van der Waals surface area contributed by atoms with Gasteiger partial charge in [0.25, 0.3) is 0 Å². The third-order valence-electron chi connectivity index (χ3n) is 3.43. The predicted molar refractivity (Wildman–Crippen MR) is 68.6 cm³/mol. The molecule has 0 fully saturated rings. The van der Waals surface area contributed by atoms with Gasteiger partial charge in [-0.05, 0) is 47.9 Å². The number of rotatable bonds is 2. The van der Waals surface area contributed by atoms with Crippen molar-refractivity contribution in [3.8, 4) is 5.75 Å². The zero-order valence-corrected chi connectivity index (χ0v) is 10.4. The molecule has 0 amide bonds. The number of benzene rings is 1. The minimum absolute atomic E-state index is 0.482. The van der Waals surface area contributed by atoms with E-state index in [1.807, 2.05) is 12.1 Å². The smallest absolute Gasteiger partial charge is 0.118 e. The summed E-state index contributed by atoms with van der Waals surface area (Å²) in [5.74, 6) is 0.931. The van der Waals surface area contributed by atoms with Crippen LogP contribution in [0.4, 0.5) is 0 Å². The van der Waals surface area contributed by atoms with E-state index < -0.39 is 0 Å².